The monoisotopic (exact) mass is 450 g/mol. The van der Waals surface area contributed by atoms with Crippen LogP contribution in [-0.2, 0) is 9.84 Å². The standard InChI is InChI=1S/C25H35ClO3S/c1-17-7-11-21(27)16-20(17)10-9-19-6-5-15-25(3)22(12-13-23(19)25)18(2)8-14-24(26)30(4,28)29/h9-10,12,14,18,21,23,27H,1,5-8,11,13,15-16H2,2-4H3/b19-9+,20-10-,24-14+/t18?,21?,23-,25+/m0/s1. The van der Waals surface area contributed by atoms with Crippen LogP contribution in [0.1, 0.15) is 65.2 Å². The summed E-state index contributed by atoms with van der Waals surface area (Å²) in [6.45, 7) is 8.73. The molecule has 0 aromatic rings. The summed E-state index contributed by atoms with van der Waals surface area (Å²) < 4.78 is 23.1. The Labute approximate surface area is 187 Å². The van der Waals surface area contributed by atoms with E-state index < -0.39 is 9.84 Å². The molecule has 0 radical (unpaired) electrons. The van der Waals surface area contributed by atoms with E-state index >= 15 is 0 Å². The second kappa shape index (κ2) is 9.18. The molecule has 4 atom stereocenters. The smallest absolute Gasteiger partial charge is 0.185 e. The summed E-state index contributed by atoms with van der Waals surface area (Å²) in [4.78, 5) is 0. The highest BCUT2D eigenvalue weighted by atomic mass is 35.5. The molecule has 0 amide bonds. The number of fused-ring (bicyclic) bond motifs is 1. The Bertz CT molecular complexity index is 922. The maximum absolute atomic E-state index is 11.6. The zero-order valence-corrected chi connectivity index (χ0v) is 20.0. The highest BCUT2D eigenvalue weighted by Gasteiger charge is 2.45. The maximum atomic E-state index is 11.6. The second-order valence-electron chi connectivity index (χ2n) is 9.57. The molecule has 0 aromatic carbocycles. The summed E-state index contributed by atoms with van der Waals surface area (Å²) in [5, 5.41) is 10.00. The summed E-state index contributed by atoms with van der Waals surface area (Å²) in [7, 11) is -3.33. The normalized spacial score (nSPS) is 34.2. The van der Waals surface area contributed by atoms with Crippen LogP contribution in [0.25, 0.3) is 0 Å². The molecule has 3 aliphatic rings. The first-order valence-corrected chi connectivity index (χ1v) is 13.3. The Morgan fingerprint density at radius 2 is 2.13 bits per heavy atom. The predicted molar refractivity (Wildman–Crippen MR) is 126 cm³/mol. The molecule has 3 nitrogen and oxygen atoms in total. The van der Waals surface area contributed by atoms with Crippen molar-refractivity contribution in [3.8, 4) is 0 Å². The van der Waals surface area contributed by atoms with E-state index in [9.17, 15) is 13.5 Å². The highest BCUT2D eigenvalue weighted by Crippen LogP contribution is 2.57. The fourth-order valence-electron chi connectivity index (χ4n) is 5.56. The molecule has 0 heterocycles. The van der Waals surface area contributed by atoms with Crippen LogP contribution in [0.3, 0.4) is 0 Å². The predicted octanol–water partition coefficient (Wildman–Crippen LogP) is 6.23. The van der Waals surface area contributed by atoms with Crippen LogP contribution in [0, 0.1) is 17.3 Å². The van der Waals surface area contributed by atoms with Gasteiger partial charge in [-0.3, -0.25) is 0 Å². The third-order valence-corrected chi connectivity index (χ3v) is 9.19. The van der Waals surface area contributed by atoms with Crippen molar-refractivity contribution in [1.82, 2.24) is 0 Å². The van der Waals surface area contributed by atoms with E-state index in [1.165, 1.54) is 16.7 Å². The van der Waals surface area contributed by atoms with Gasteiger partial charge in [0.2, 0.25) is 0 Å². The van der Waals surface area contributed by atoms with Crippen molar-refractivity contribution in [3.63, 3.8) is 0 Å². The van der Waals surface area contributed by atoms with E-state index in [2.05, 4.69) is 38.7 Å². The largest absolute Gasteiger partial charge is 0.393 e. The number of aliphatic hydroxyl groups excluding tert-OH is 1. The molecule has 1 N–H and O–H groups in total. The molecule has 0 bridgehead atoms. The third kappa shape index (κ3) is 5.03. The Kier molecular flexibility index (Phi) is 7.21. The molecule has 0 spiro atoms. The van der Waals surface area contributed by atoms with Crippen LogP contribution >= 0.6 is 11.6 Å². The number of aliphatic hydroxyl groups is 1. The average molecular weight is 451 g/mol. The summed E-state index contributed by atoms with van der Waals surface area (Å²) >= 11 is 5.95. The van der Waals surface area contributed by atoms with Crippen LogP contribution in [0.5, 0.6) is 0 Å². The van der Waals surface area contributed by atoms with Gasteiger partial charge in [-0.2, -0.15) is 0 Å². The first-order valence-electron chi connectivity index (χ1n) is 11.0. The van der Waals surface area contributed by atoms with E-state index in [0.717, 1.165) is 50.4 Å². The molecule has 166 valence electrons. The number of hydrogen-bond acceptors (Lipinski definition) is 3. The van der Waals surface area contributed by atoms with E-state index in [0.29, 0.717) is 18.8 Å². The van der Waals surface area contributed by atoms with Gasteiger partial charge in [-0.15, -0.1) is 0 Å². The fourth-order valence-corrected chi connectivity index (χ4v) is 6.05. The van der Waals surface area contributed by atoms with Crippen molar-refractivity contribution < 1.29 is 13.5 Å². The molecule has 5 heteroatoms. The Hall–Kier alpha value is -1.10. The molecule has 30 heavy (non-hydrogen) atoms. The van der Waals surface area contributed by atoms with Gasteiger partial charge in [0.15, 0.2) is 9.84 Å². The van der Waals surface area contributed by atoms with Crippen molar-refractivity contribution in [2.75, 3.05) is 6.26 Å². The van der Waals surface area contributed by atoms with Crippen LogP contribution < -0.4 is 0 Å². The van der Waals surface area contributed by atoms with E-state index in [-0.39, 0.29) is 21.8 Å². The van der Waals surface area contributed by atoms with Crippen molar-refractivity contribution >= 4 is 21.4 Å². The summed E-state index contributed by atoms with van der Waals surface area (Å²) in [6.07, 6.45) is 17.0. The Morgan fingerprint density at radius 1 is 1.40 bits per heavy atom. The molecule has 2 saturated carbocycles. The Morgan fingerprint density at radius 3 is 2.83 bits per heavy atom. The van der Waals surface area contributed by atoms with Crippen molar-refractivity contribution in [2.45, 2.75) is 71.3 Å². The van der Waals surface area contributed by atoms with Crippen LogP contribution in [0.15, 0.2) is 57.5 Å². The minimum Gasteiger partial charge on any atom is -0.393 e. The number of sulfone groups is 1. The number of hydrogen-bond donors (Lipinski definition) is 1. The molecule has 0 aliphatic heterocycles. The van der Waals surface area contributed by atoms with E-state index in [4.69, 9.17) is 11.6 Å². The first-order chi connectivity index (χ1) is 14.0. The molecule has 3 aliphatic carbocycles. The first kappa shape index (κ1) is 23.6. The molecule has 0 aromatic heterocycles. The van der Waals surface area contributed by atoms with Gasteiger partial charge in [0.1, 0.15) is 4.36 Å². The Balaban J connectivity index is 1.77. The zero-order chi connectivity index (χ0) is 22.1. The van der Waals surface area contributed by atoms with Crippen molar-refractivity contribution in [2.24, 2.45) is 17.3 Å². The van der Waals surface area contributed by atoms with Crippen molar-refractivity contribution in [1.29, 1.82) is 0 Å². The molecule has 0 saturated heterocycles. The fraction of sp³-hybridized carbons (Fsp3) is 0.600. The van der Waals surface area contributed by atoms with Crippen LogP contribution in [-0.4, -0.2) is 25.9 Å². The van der Waals surface area contributed by atoms with E-state index in [1.807, 2.05) is 0 Å². The average Bonchev–Trinajstić information content (AvgIpc) is 3.03. The topological polar surface area (TPSA) is 54.4 Å². The lowest BCUT2D eigenvalue weighted by Gasteiger charge is -2.42. The van der Waals surface area contributed by atoms with Crippen LogP contribution in [0.2, 0.25) is 0 Å². The quantitative estimate of drug-likeness (QED) is 0.505. The zero-order valence-electron chi connectivity index (χ0n) is 18.5. The third-order valence-electron chi connectivity index (χ3n) is 7.32. The van der Waals surface area contributed by atoms with Gasteiger partial charge < -0.3 is 5.11 Å². The molecule has 2 unspecified atom stereocenters. The minimum absolute atomic E-state index is 0.0552. The minimum atomic E-state index is -3.33. The van der Waals surface area contributed by atoms with Gasteiger partial charge in [-0.25, -0.2) is 8.42 Å². The van der Waals surface area contributed by atoms with Gasteiger partial charge in [-0.05, 0) is 74.2 Å². The van der Waals surface area contributed by atoms with Gasteiger partial charge in [0.25, 0.3) is 0 Å². The van der Waals surface area contributed by atoms with E-state index in [1.54, 1.807) is 6.08 Å². The maximum Gasteiger partial charge on any atom is 0.185 e. The van der Waals surface area contributed by atoms with Gasteiger partial charge in [-0.1, -0.05) is 73.1 Å². The number of halogens is 1. The lowest BCUT2D eigenvalue weighted by Crippen LogP contribution is -2.32. The lowest BCUT2D eigenvalue weighted by molar-refractivity contribution is 0.158. The molecule has 3 rings (SSSR count). The number of rotatable bonds is 5. The summed E-state index contributed by atoms with van der Waals surface area (Å²) in [5.41, 5.74) is 5.40. The van der Waals surface area contributed by atoms with Crippen molar-refractivity contribution in [3.05, 3.63) is 57.5 Å². The lowest BCUT2D eigenvalue weighted by atomic mass is 9.62. The molecular formula is C25H35ClO3S. The molecule has 2 fully saturated rings. The van der Waals surface area contributed by atoms with Gasteiger partial charge in [0, 0.05) is 6.26 Å². The van der Waals surface area contributed by atoms with Crippen LogP contribution in [0.4, 0.5) is 0 Å². The van der Waals surface area contributed by atoms with Gasteiger partial charge in [0.05, 0.1) is 6.10 Å². The SMILES string of the molecule is C=C1CCC(O)C/C1=C/C=C1\CCC[C@]2(C)C(C(C)C/C=C(\Cl)S(C)(=O)=O)=CC[C@@H]12. The van der Waals surface area contributed by atoms with Gasteiger partial charge >= 0.3 is 0 Å². The highest BCUT2D eigenvalue weighted by molar-refractivity contribution is 7.96. The number of allylic oxidation sites excluding steroid dienone is 7. The summed E-state index contributed by atoms with van der Waals surface area (Å²) in [6, 6.07) is 0. The second-order valence-corrected chi connectivity index (χ2v) is 12.2. The summed E-state index contributed by atoms with van der Waals surface area (Å²) in [5.74, 6) is 0.762. The molecular weight excluding hydrogens is 416 g/mol.